The van der Waals surface area contributed by atoms with E-state index in [0.29, 0.717) is 6.04 Å². The van der Waals surface area contributed by atoms with Crippen LogP contribution in [0.5, 0.6) is 0 Å². The average molecular weight is 202 g/mol. The Morgan fingerprint density at radius 3 is 2.92 bits per heavy atom. The lowest BCUT2D eigenvalue weighted by molar-refractivity contribution is -0.411. The van der Waals surface area contributed by atoms with Crippen LogP contribution in [0.1, 0.15) is 5.56 Å². The minimum atomic E-state index is 0. The van der Waals surface area contributed by atoms with E-state index in [0.717, 1.165) is 6.42 Å². The highest BCUT2D eigenvalue weighted by atomic mass is 35.5. The first-order valence-corrected chi connectivity index (χ1v) is 4.88. The predicted octanol–water partition coefficient (Wildman–Crippen LogP) is -2.05. The van der Waals surface area contributed by atoms with Crippen molar-refractivity contribution in [2.45, 2.75) is 17.4 Å². The maximum Gasteiger partial charge on any atom is 0.0980 e. The van der Waals surface area contributed by atoms with Gasteiger partial charge in [-0.3, -0.25) is 0 Å². The van der Waals surface area contributed by atoms with Gasteiger partial charge in [-0.25, -0.2) is 0 Å². The lowest BCUT2D eigenvalue weighted by Crippen LogP contribution is -3.00. The van der Waals surface area contributed by atoms with Gasteiger partial charge in [0.2, 0.25) is 0 Å². The lowest BCUT2D eigenvalue weighted by atomic mass is 10.1. The van der Waals surface area contributed by atoms with Crippen molar-refractivity contribution in [3.63, 3.8) is 0 Å². The van der Waals surface area contributed by atoms with Crippen LogP contribution in [0.3, 0.4) is 0 Å². The normalized spacial score (nSPS) is 20.9. The molecule has 0 saturated carbocycles. The lowest BCUT2D eigenvalue weighted by Gasteiger charge is -2.17. The minimum absolute atomic E-state index is 0. The highest BCUT2D eigenvalue weighted by Gasteiger charge is 2.16. The quantitative estimate of drug-likeness (QED) is 0.514. The summed E-state index contributed by atoms with van der Waals surface area (Å²) in [7, 11) is 0. The van der Waals surface area contributed by atoms with E-state index in [2.05, 4.69) is 30.0 Å². The molecule has 0 spiro atoms. The summed E-state index contributed by atoms with van der Waals surface area (Å²) in [5.74, 6) is 1.18. The summed E-state index contributed by atoms with van der Waals surface area (Å²) in [6, 6.07) is 9.23. The summed E-state index contributed by atoms with van der Waals surface area (Å²) < 4.78 is 0. The van der Waals surface area contributed by atoms with Crippen molar-refractivity contribution in [3.8, 4) is 0 Å². The zero-order valence-corrected chi connectivity index (χ0v) is 8.37. The molecular formula is C9H12ClNS. The van der Waals surface area contributed by atoms with E-state index in [9.17, 15) is 0 Å². The van der Waals surface area contributed by atoms with Gasteiger partial charge in [-0.15, -0.1) is 11.8 Å². The number of hydrogen-bond acceptors (Lipinski definition) is 1. The van der Waals surface area contributed by atoms with Gasteiger partial charge in [-0.05, 0) is 11.6 Å². The first kappa shape index (κ1) is 9.90. The summed E-state index contributed by atoms with van der Waals surface area (Å²) in [5.41, 5.74) is 5.55. The van der Waals surface area contributed by atoms with Crippen LogP contribution >= 0.6 is 11.8 Å². The zero-order chi connectivity index (χ0) is 7.68. The number of thioether (sulfide) groups is 1. The Morgan fingerprint density at radius 1 is 1.33 bits per heavy atom. The molecule has 0 saturated heterocycles. The monoisotopic (exact) mass is 201 g/mol. The second-order valence-electron chi connectivity index (χ2n) is 2.99. The predicted molar refractivity (Wildman–Crippen MR) is 47.5 cm³/mol. The van der Waals surface area contributed by atoms with Crippen molar-refractivity contribution in [2.75, 3.05) is 5.75 Å². The maximum atomic E-state index is 4.08. The molecule has 0 bridgehead atoms. The molecule has 0 fully saturated rings. The van der Waals surface area contributed by atoms with Crippen LogP contribution in [0.25, 0.3) is 0 Å². The van der Waals surface area contributed by atoms with Gasteiger partial charge in [0.15, 0.2) is 0 Å². The summed E-state index contributed by atoms with van der Waals surface area (Å²) in [5, 5.41) is 0. The molecule has 66 valence electrons. The van der Waals surface area contributed by atoms with Gasteiger partial charge in [0.1, 0.15) is 0 Å². The Morgan fingerprint density at radius 2 is 2.08 bits per heavy atom. The largest absolute Gasteiger partial charge is 1.00 e. The SMILES string of the molecule is [Cl-].[NH3+][C@@H]1CSc2ccccc2C1. The molecule has 1 nitrogen and oxygen atoms in total. The number of hydrogen-bond donors (Lipinski definition) is 1. The molecule has 1 aromatic rings. The summed E-state index contributed by atoms with van der Waals surface area (Å²) in [6.07, 6.45) is 1.16. The van der Waals surface area contributed by atoms with E-state index in [4.69, 9.17) is 0 Å². The molecule has 2 rings (SSSR count). The fourth-order valence-corrected chi connectivity index (χ4v) is 2.44. The second-order valence-corrected chi connectivity index (χ2v) is 4.05. The third-order valence-electron chi connectivity index (χ3n) is 1.96. The highest BCUT2D eigenvalue weighted by molar-refractivity contribution is 7.99. The fraction of sp³-hybridized carbons (Fsp3) is 0.333. The van der Waals surface area contributed by atoms with E-state index < -0.39 is 0 Å². The van der Waals surface area contributed by atoms with E-state index in [1.807, 2.05) is 11.8 Å². The first-order chi connectivity index (χ1) is 5.36. The van der Waals surface area contributed by atoms with Crippen molar-refractivity contribution in [2.24, 2.45) is 0 Å². The van der Waals surface area contributed by atoms with Gasteiger partial charge in [0.25, 0.3) is 0 Å². The van der Waals surface area contributed by atoms with Gasteiger partial charge in [0, 0.05) is 11.3 Å². The van der Waals surface area contributed by atoms with E-state index >= 15 is 0 Å². The highest BCUT2D eigenvalue weighted by Crippen LogP contribution is 2.28. The molecular weight excluding hydrogens is 190 g/mol. The van der Waals surface area contributed by atoms with Crippen molar-refractivity contribution in [1.82, 2.24) is 0 Å². The number of halogens is 1. The molecule has 1 aliphatic heterocycles. The number of quaternary nitrogens is 1. The molecule has 0 unspecified atom stereocenters. The van der Waals surface area contributed by atoms with Gasteiger partial charge in [-0.1, -0.05) is 18.2 Å². The van der Waals surface area contributed by atoms with Crippen LogP contribution in [-0.2, 0) is 6.42 Å². The topological polar surface area (TPSA) is 27.6 Å². The number of benzene rings is 1. The van der Waals surface area contributed by atoms with Crippen LogP contribution in [0, 0.1) is 0 Å². The van der Waals surface area contributed by atoms with Gasteiger partial charge >= 0.3 is 0 Å². The van der Waals surface area contributed by atoms with Crippen LogP contribution in [0.4, 0.5) is 0 Å². The minimum Gasteiger partial charge on any atom is -1.00 e. The third kappa shape index (κ3) is 1.94. The van der Waals surface area contributed by atoms with Crippen LogP contribution in [0.2, 0.25) is 0 Å². The molecule has 12 heavy (non-hydrogen) atoms. The van der Waals surface area contributed by atoms with Crippen LogP contribution < -0.4 is 18.1 Å². The molecule has 3 N–H and O–H groups in total. The second kappa shape index (κ2) is 4.17. The molecule has 0 amide bonds. The zero-order valence-electron chi connectivity index (χ0n) is 6.79. The smallest absolute Gasteiger partial charge is 0.0980 e. The van der Waals surface area contributed by atoms with Gasteiger partial charge in [-0.2, -0.15) is 0 Å². The summed E-state index contributed by atoms with van der Waals surface area (Å²) in [6.45, 7) is 0. The van der Waals surface area contributed by atoms with Crippen molar-refractivity contribution >= 4 is 11.8 Å². The summed E-state index contributed by atoms with van der Waals surface area (Å²) in [4.78, 5) is 1.45. The van der Waals surface area contributed by atoms with Gasteiger partial charge < -0.3 is 18.1 Å². The Balaban J connectivity index is 0.000000720. The Bertz CT molecular complexity index is 264. The van der Waals surface area contributed by atoms with E-state index in [1.54, 1.807) is 0 Å². The third-order valence-corrected chi connectivity index (χ3v) is 3.30. The average Bonchev–Trinajstić information content (AvgIpc) is 2.04. The fourth-order valence-electron chi connectivity index (χ4n) is 1.39. The van der Waals surface area contributed by atoms with E-state index in [1.165, 1.54) is 16.2 Å². The molecule has 0 radical (unpaired) electrons. The molecule has 1 atom stereocenters. The Kier molecular flexibility index (Phi) is 3.44. The van der Waals surface area contributed by atoms with Crippen molar-refractivity contribution < 1.29 is 18.1 Å². The molecule has 1 aromatic carbocycles. The number of fused-ring (bicyclic) bond motifs is 1. The van der Waals surface area contributed by atoms with Crippen LogP contribution in [0.15, 0.2) is 29.2 Å². The maximum absolute atomic E-state index is 4.08. The summed E-state index contributed by atoms with van der Waals surface area (Å²) >= 11 is 1.93. The van der Waals surface area contributed by atoms with Crippen LogP contribution in [-0.4, -0.2) is 11.8 Å². The molecule has 3 heteroatoms. The number of rotatable bonds is 0. The Hall–Kier alpha value is -0.180. The molecule has 1 heterocycles. The van der Waals surface area contributed by atoms with Gasteiger partial charge in [0.05, 0.1) is 11.8 Å². The standard InChI is InChI=1S/C9H11NS.ClH/c10-8-5-7-3-1-2-4-9(7)11-6-8;/h1-4,8H,5-6,10H2;1H/t8-;/m0./s1. The van der Waals surface area contributed by atoms with Crippen molar-refractivity contribution in [1.29, 1.82) is 0 Å². The first-order valence-electron chi connectivity index (χ1n) is 3.90. The van der Waals surface area contributed by atoms with Crippen molar-refractivity contribution in [3.05, 3.63) is 29.8 Å². The molecule has 0 aliphatic carbocycles. The molecule has 0 aromatic heterocycles. The van der Waals surface area contributed by atoms with E-state index in [-0.39, 0.29) is 12.4 Å². The Labute approximate surface area is 83.1 Å². The molecule has 1 aliphatic rings.